The summed E-state index contributed by atoms with van der Waals surface area (Å²) in [5.74, 6) is 0. The lowest BCUT2D eigenvalue weighted by Gasteiger charge is -2.17. The number of nitrogens with one attached hydrogen (secondary N) is 2. The van der Waals surface area contributed by atoms with Crippen LogP contribution in [0.4, 0.5) is 10.5 Å². The molecular formula is C17H24N4O2. The van der Waals surface area contributed by atoms with Crippen LogP contribution in [0.5, 0.6) is 0 Å². The van der Waals surface area contributed by atoms with Crippen LogP contribution in [-0.2, 0) is 13.0 Å². The van der Waals surface area contributed by atoms with Gasteiger partial charge in [0.15, 0.2) is 0 Å². The second-order valence-corrected chi connectivity index (χ2v) is 5.53. The topological polar surface area (TPSA) is 79.2 Å². The summed E-state index contributed by atoms with van der Waals surface area (Å²) >= 11 is 0. The van der Waals surface area contributed by atoms with Gasteiger partial charge < -0.3 is 15.7 Å². The number of carbonyl (C=O) groups excluding carboxylic acids is 1. The summed E-state index contributed by atoms with van der Waals surface area (Å²) in [5.41, 5.74) is 3.49. The van der Waals surface area contributed by atoms with Crippen molar-refractivity contribution in [3.05, 3.63) is 47.3 Å². The third-order valence-corrected chi connectivity index (χ3v) is 3.80. The second-order valence-electron chi connectivity index (χ2n) is 5.53. The third-order valence-electron chi connectivity index (χ3n) is 3.80. The molecule has 1 aromatic carbocycles. The summed E-state index contributed by atoms with van der Waals surface area (Å²) in [6, 6.07) is 9.10. The van der Waals surface area contributed by atoms with E-state index < -0.39 is 0 Å². The smallest absolute Gasteiger partial charge is 0.319 e. The van der Waals surface area contributed by atoms with Crippen LogP contribution in [0, 0.1) is 13.8 Å². The molecule has 1 aromatic heterocycles. The van der Waals surface area contributed by atoms with Crippen LogP contribution in [-0.4, -0.2) is 33.6 Å². The largest absolute Gasteiger partial charge is 0.394 e. The van der Waals surface area contributed by atoms with Gasteiger partial charge in [-0.25, -0.2) is 4.79 Å². The standard InChI is InChI=1S/C17H24N4O2/c1-4-21-13(3)16(12(2)20-21)19-17(23)18-15(11-22)10-14-8-6-5-7-9-14/h5-9,15,22H,4,10-11H2,1-3H3,(H2,18,19,23)/t15-/m1/s1. The lowest BCUT2D eigenvalue weighted by molar-refractivity contribution is 0.224. The Kier molecular flexibility index (Phi) is 5.76. The average molecular weight is 316 g/mol. The third kappa shape index (κ3) is 4.32. The van der Waals surface area contributed by atoms with E-state index in [1.54, 1.807) is 0 Å². The fraction of sp³-hybridized carbons (Fsp3) is 0.412. The highest BCUT2D eigenvalue weighted by Gasteiger charge is 2.16. The predicted molar refractivity (Wildman–Crippen MR) is 90.5 cm³/mol. The summed E-state index contributed by atoms with van der Waals surface area (Å²) in [6.07, 6.45) is 0.580. The highest BCUT2D eigenvalue weighted by molar-refractivity contribution is 5.90. The Morgan fingerprint density at radius 1 is 1.30 bits per heavy atom. The molecule has 2 rings (SSSR count). The number of aliphatic hydroxyl groups excluding tert-OH is 1. The first-order chi connectivity index (χ1) is 11.0. The molecule has 23 heavy (non-hydrogen) atoms. The van der Waals surface area contributed by atoms with E-state index in [-0.39, 0.29) is 18.7 Å². The van der Waals surface area contributed by atoms with Gasteiger partial charge in [-0.15, -0.1) is 0 Å². The van der Waals surface area contributed by atoms with Gasteiger partial charge in [-0.05, 0) is 32.8 Å². The monoisotopic (exact) mass is 316 g/mol. The van der Waals surface area contributed by atoms with Crippen LogP contribution in [0.25, 0.3) is 0 Å². The van der Waals surface area contributed by atoms with Crippen molar-refractivity contribution in [2.45, 2.75) is 39.8 Å². The van der Waals surface area contributed by atoms with Gasteiger partial charge in [0.2, 0.25) is 0 Å². The SMILES string of the molecule is CCn1nc(C)c(NC(=O)N[C@@H](CO)Cc2ccccc2)c1C. The fourth-order valence-corrected chi connectivity index (χ4v) is 2.58. The van der Waals surface area contributed by atoms with Crippen molar-refractivity contribution in [2.75, 3.05) is 11.9 Å². The molecule has 2 aromatic rings. The molecule has 2 amide bonds. The molecule has 0 spiro atoms. The molecule has 6 nitrogen and oxygen atoms in total. The van der Waals surface area contributed by atoms with Gasteiger partial charge in [-0.2, -0.15) is 5.10 Å². The molecule has 0 aliphatic carbocycles. The van der Waals surface area contributed by atoms with Crippen molar-refractivity contribution in [3.63, 3.8) is 0 Å². The number of urea groups is 1. The number of anilines is 1. The van der Waals surface area contributed by atoms with E-state index in [2.05, 4.69) is 15.7 Å². The van der Waals surface area contributed by atoms with Crippen molar-refractivity contribution in [2.24, 2.45) is 0 Å². The number of hydrogen-bond donors (Lipinski definition) is 3. The van der Waals surface area contributed by atoms with Crippen molar-refractivity contribution >= 4 is 11.7 Å². The Hall–Kier alpha value is -2.34. The van der Waals surface area contributed by atoms with E-state index in [1.165, 1.54) is 0 Å². The molecule has 0 saturated carbocycles. The van der Waals surface area contributed by atoms with E-state index >= 15 is 0 Å². The molecule has 1 atom stereocenters. The highest BCUT2D eigenvalue weighted by Crippen LogP contribution is 2.19. The van der Waals surface area contributed by atoms with Gasteiger partial charge in [0.05, 0.1) is 29.7 Å². The molecule has 1 heterocycles. The molecule has 3 N–H and O–H groups in total. The maximum atomic E-state index is 12.2. The summed E-state index contributed by atoms with van der Waals surface area (Å²) in [6.45, 7) is 6.43. The Labute approximate surface area is 136 Å². The van der Waals surface area contributed by atoms with Gasteiger partial charge >= 0.3 is 6.03 Å². The molecule has 0 saturated heterocycles. The quantitative estimate of drug-likeness (QED) is 0.765. The number of benzene rings is 1. The van der Waals surface area contributed by atoms with Crippen molar-refractivity contribution < 1.29 is 9.90 Å². The average Bonchev–Trinajstić information content (AvgIpc) is 2.82. The van der Waals surface area contributed by atoms with Crippen molar-refractivity contribution in [1.29, 1.82) is 0 Å². The summed E-state index contributed by atoms with van der Waals surface area (Å²) in [5, 5.41) is 19.5. The highest BCUT2D eigenvalue weighted by atomic mass is 16.3. The number of nitrogens with zero attached hydrogens (tertiary/aromatic N) is 2. The molecule has 0 bridgehead atoms. The van der Waals surface area contributed by atoms with Crippen LogP contribution in [0.3, 0.4) is 0 Å². The molecular weight excluding hydrogens is 292 g/mol. The maximum Gasteiger partial charge on any atom is 0.319 e. The number of hydrogen-bond acceptors (Lipinski definition) is 3. The minimum absolute atomic E-state index is 0.117. The summed E-state index contributed by atoms with van der Waals surface area (Å²) in [4.78, 5) is 12.2. The molecule has 0 unspecified atom stereocenters. The first-order valence-electron chi connectivity index (χ1n) is 7.81. The Morgan fingerprint density at radius 2 is 2.00 bits per heavy atom. The number of aliphatic hydroxyl groups is 1. The first-order valence-corrected chi connectivity index (χ1v) is 7.81. The van der Waals surface area contributed by atoms with Crippen LogP contribution < -0.4 is 10.6 Å². The van der Waals surface area contributed by atoms with Gasteiger partial charge in [-0.3, -0.25) is 4.68 Å². The molecule has 6 heteroatoms. The number of aryl methyl sites for hydroxylation is 2. The Bertz CT molecular complexity index is 652. The number of aromatic nitrogens is 2. The maximum absolute atomic E-state index is 12.2. The Morgan fingerprint density at radius 3 is 2.57 bits per heavy atom. The van der Waals surface area contributed by atoms with E-state index in [9.17, 15) is 9.90 Å². The van der Waals surface area contributed by atoms with E-state index in [1.807, 2.05) is 55.8 Å². The normalized spacial score (nSPS) is 12.0. The van der Waals surface area contributed by atoms with Crippen molar-refractivity contribution in [3.8, 4) is 0 Å². The summed E-state index contributed by atoms with van der Waals surface area (Å²) < 4.78 is 1.85. The fourth-order valence-electron chi connectivity index (χ4n) is 2.58. The zero-order chi connectivity index (χ0) is 16.8. The molecule has 0 fully saturated rings. The lowest BCUT2D eigenvalue weighted by Crippen LogP contribution is -2.41. The lowest BCUT2D eigenvalue weighted by atomic mass is 10.1. The zero-order valence-electron chi connectivity index (χ0n) is 13.8. The number of amides is 2. The van der Waals surface area contributed by atoms with Crippen LogP contribution in [0.1, 0.15) is 23.9 Å². The van der Waals surface area contributed by atoms with Crippen molar-refractivity contribution in [1.82, 2.24) is 15.1 Å². The van der Waals surface area contributed by atoms with Crippen LogP contribution in [0.15, 0.2) is 30.3 Å². The second kappa shape index (κ2) is 7.78. The number of carbonyl (C=O) groups is 1. The first kappa shape index (κ1) is 17.0. The predicted octanol–water partition coefficient (Wildman–Crippen LogP) is 2.24. The van der Waals surface area contributed by atoms with Gasteiger partial charge in [-0.1, -0.05) is 30.3 Å². The molecule has 0 aliphatic heterocycles. The van der Waals surface area contributed by atoms with E-state index in [0.717, 1.165) is 29.2 Å². The van der Waals surface area contributed by atoms with Gasteiger partial charge in [0.1, 0.15) is 0 Å². The van der Waals surface area contributed by atoms with E-state index in [0.29, 0.717) is 6.42 Å². The summed E-state index contributed by atoms with van der Waals surface area (Å²) in [7, 11) is 0. The molecule has 0 aliphatic rings. The van der Waals surface area contributed by atoms with Crippen LogP contribution in [0.2, 0.25) is 0 Å². The Balaban J connectivity index is 1.99. The minimum atomic E-state index is -0.334. The number of rotatable bonds is 6. The minimum Gasteiger partial charge on any atom is -0.394 e. The van der Waals surface area contributed by atoms with Gasteiger partial charge in [0.25, 0.3) is 0 Å². The molecule has 0 radical (unpaired) electrons. The van der Waals surface area contributed by atoms with E-state index in [4.69, 9.17) is 0 Å². The molecule has 124 valence electrons. The van der Waals surface area contributed by atoms with Crippen LogP contribution >= 0.6 is 0 Å². The zero-order valence-corrected chi connectivity index (χ0v) is 13.8. The van der Waals surface area contributed by atoms with Gasteiger partial charge in [0, 0.05) is 6.54 Å².